The van der Waals surface area contributed by atoms with Crippen LogP contribution < -0.4 is 5.32 Å². The van der Waals surface area contributed by atoms with Crippen LogP contribution in [0.4, 0.5) is 0 Å². The Morgan fingerprint density at radius 3 is 2.74 bits per heavy atom. The first-order valence-electron chi connectivity index (χ1n) is 6.63. The third-order valence-corrected chi connectivity index (χ3v) is 5.74. The number of carbonyl (C=O) groups is 1. The van der Waals surface area contributed by atoms with Crippen molar-refractivity contribution in [3.8, 4) is 0 Å². The molecule has 2 aliphatic rings. The molecule has 2 saturated heterocycles. The summed E-state index contributed by atoms with van der Waals surface area (Å²) < 4.78 is 27.7. The van der Waals surface area contributed by atoms with Crippen LogP contribution in [0.1, 0.15) is 19.8 Å². The molecule has 110 valence electrons. The summed E-state index contributed by atoms with van der Waals surface area (Å²) in [4.78, 5) is 11.2. The molecular formula is C11H21N3O4S. The second kappa shape index (κ2) is 5.74. The van der Waals surface area contributed by atoms with Gasteiger partial charge >= 0.3 is 5.97 Å². The minimum absolute atomic E-state index is 0.165. The maximum atomic E-state index is 12.6. The number of piperidine rings is 1. The van der Waals surface area contributed by atoms with Crippen LogP contribution in [-0.2, 0) is 15.0 Å². The normalized spacial score (nSPS) is 31.2. The van der Waals surface area contributed by atoms with Crippen molar-refractivity contribution < 1.29 is 18.3 Å². The van der Waals surface area contributed by atoms with Gasteiger partial charge in [0.15, 0.2) is 0 Å². The van der Waals surface area contributed by atoms with Crippen LogP contribution in [0.15, 0.2) is 0 Å². The van der Waals surface area contributed by atoms with Gasteiger partial charge in [-0.15, -0.1) is 0 Å². The molecule has 2 fully saturated rings. The predicted octanol–water partition coefficient (Wildman–Crippen LogP) is -0.678. The Morgan fingerprint density at radius 2 is 2.11 bits per heavy atom. The zero-order chi connectivity index (χ0) is 14.0. The Hall–Kier alpha value is -0.700. The zero-order valence-electron chi connectivity index (χ0n) is 11.1. The van der Waals surface area contributed by atoms with E-state index in [1.807, 2.05) is 6.92 Å². The van der Waals surface area contributed by atoms with Crippen LogP contribution in [0.2, 0.25) is 0 Å². The van der Waals surface area contributed by atoms with Gasteiger partial charge in [-0.3, -0.25) is 4.79 Å². The quantitative estimate of drug-likeness (QED) is 0.719. The number of rotatable bonds is 3. The maximum Gasteiger partial charge on any atom is 0.323 e. The Kier molecular flexibility index (Phi) is 4.44. The van der Waals surface area contributed by atoms with Gasteiger partial charge in [0, 0.05) is 32.7 Å². The largest absolute Gasteiger partial charge is 0.480 e. The van der Waals surface area contributed by atoms with E-state index in [1.165, 1.54) is 4.31 Å². The minimum atomic E-state index is -3.67. The highest BCUT2D eigenvalue weighted by Crippen LogP contribution is 2.22. The summed E-state index contributed by atoms with van der Waals surface area (Å²) in [5, 5.41) is 12.1. The molecule has 8 heteroatoms. The predicted molar refractivity (Wildman–Crippen MR) is 69.9 cm³/mol. The number of hydrogen-bond acceptors (Lipinski definition) is 4. The summed E-state index contributed by atoms with van der Waals surface area (Å²) in [5.41, 5.74) is 0. The highest BCUT2D eigenvalue weighted by atomic mass is 32.2. The van der Waals surface area contributed by atoms with E-state index >= 15 is 0 Å². The summed E-state index contributed by atoms with van der Waals surface area (Å²) in [6.45, 7) is 3.87. The van der Waals surface area contributed by atoms with Gasteiger partial charge in [0.25, 0.3) is 10.2 Å². The van der Waals surface area contributed by atoms with E-state index in [-0.39, 0.29) is 13.1 Å². The molecule has 0 aromatic carbocycles. The van der Waals surface area contributed by atoms with E-state index in [9.17, 15) is 13.2 Å². The second-order valence-corrected chi connectivity index (χ2v) is 7.16. The van der Waals surface area contributed by atoms with Crippen molar-refractivity contribution in [2.45, 2.75) is 25.8 Å². The monoisotopic (exact) mass is 291 g/mol. The van der Waals surface area contributed by atoms with Gasteiger partial charge in [-0.1, -0.05) is 6.92 Å². The molecule has 2 rings (SSSR count). The summed E-state index contributed by atoms with van der Waals surface area (Å²) in [7, 11) is -3.67. The van der Waals surface area contributed by atoms with Crippen molar-refractivity contribution in [3.05, 3.63) is 0 Å². The number of nitrogens with zero attached hydrogens (tertiary/aromatic N) is 2. The topological polar surface area (TPSA) is 90.0 Å². The number of nitrogens with one attached hydrogen (secondary N) is 1. The lowest BCUT2D eigenvalue weighted by Crippen LogP contribution is -2.60. The van der Waals surface area contributed by atoms with Gasteiger partial charge < -0.3 is 10.4 Å². The van der Waals surface area contributed by atoms with Crippen LogP contribution in [-0.4, -0.2) is 66.9 Å². The number of carboxylic acid groups (broad SMARTS) is 1. The minimum Gasteiger partial charge on any atom is -0.480 e. The molecule has 0 aromatic heterocycles. The van der Waals surface area contributed by atoms with E-state index < -0.39 is 22.2 Å². The Balaban J connectivity index is 2.19. The lowest BCUT2D eigenvalue weighted by molar-refractivity contribution is -0.141. The number of aliphatic carboxylic acids is 1. The first-order chi connectivity index (χ1) is 8.93. The van der Waals surface area contributed by atoms with Gasteiger partial charge in [0.2, 0.25) is 0 Å². The van der Waals surface area contributed by atoms with Gasteiger partial charge in [0.1, 0.15) is 6.04 Å². The summed E-state index contributed by atoms with van der Waals surface area (Å²) in [6, 6.07) is -1.00. The lowest BCUT2D eigenvalue weighted by atomic mass is 10.0. The molecule has 19 heavy (non-hydrogen) atoms. The zero-order valence-corrected chi connectivity index (χ0v) is 11.9. The number of piperazine rings is 1. The molecular weight excluding hydrogens is 270 g/mol. The van der Waals surface area contributed by atoms with E-state index in [2.05, 4.69) is 5.32 Å². The fourth-order valence-electron chi connectivity index (χ4n) is 2.68. The lowest BCUT2D eigenvalue weighted by Gasteiger charge is -2.38. The van der Waals surface area contributed by atoms with Crippen LogP contribution in [0.5, 0.6) is 0 Å². The molecule has 7 nitrogen and oxygen atoms in total. The summed E-state index contributed by atoms with van der Waals surface area (Å²) >= 11 is 0. The smallest absolute Gasteiger partial charge is 0.323 e. The number of hydrogen-bond donors (Lipinski definition) is 2. The molecule has 0 bridgehead atoms. The van der Waals surface area contributed by atoms with E-state index in [1.54, 1.807) is 0 Å². The fourth-order valence-corrected chi connectivity index (χ4v) is 4.58. The molecule has 2 aliphatic heterocycles. The van der Waals surface area contributed by atoms with E-state index in [4.69, 9.17) is 5.11 Å². The molecule has 0 spiro atoms. The third-order valence-electron chi connectivity index (χ3n) is 3.72. The second-order valence-electron chi connectivity index (χ2n) is 5.28. The molecule has 0 radical (unpaired) electrons. The maximum absolute atomic E-state index is 12.6. The van der Waals surface area contributed by atoms with Crippen LogP contribution >= 0.6 is 0 Å². The van der Waals surface area contributed by atoms with Crippen molar-refractivity contribution in [1.29, 1.82) is 0 Å². The van der Waals surface area contributed by atoms with Crippen molar-refractivity contribution in [2.24, 2.45) is 5.92 Å². The third kappa shape index (κ3) is 3.07. The summed E-state index contributed by atoms with van der Waals surface area (Å²) in [5.74, 6) is -0.768. The van der Waals surface area contributed by atoms with Gasteiger partial charge in [-0.05, 0) is 18.8 Å². The number of carboxylic acids is 1. The van der Waals surface area contributed by atoms with Crippen molar-refractivity contribution in [1.82, 2.24) is 13.9 Å². The van der Waals surface area contributed by atoms with Crippen molar-refractivity contribution >= 4 is 16.2 Å². The van der Waals surface area contributed by atoms with Crippen molar-refractivity contribution in [3.63, 3.8) is 0 Å². The Morgan fingerprint density at radius 1 is 1.37 bits per heavy atom. The van der Waals surface area contributed by atoms with E-state index in [0.717, 1.165) is 17.1 Å². The van der Waals surface area contributed by atoms with Gasteiger partial charge in [-0.2, -0.15) is 17.0 Å². The molecule has 2 N–H and O–H groups in total. The van der Waals surface area contributed by atoms with Crippen LogP contribution in [0.25, 0.3) is 0 Å². The standard InChI is InChI=1S/C11H21N3O4S/c1-9-3-2-5-13(8-9)19(17,18)14-6-4-12-7-10(14)11(15)16/h9-10,12H,2-8H2,1H3,(H,15,16). The molecule has 0 amide bonds. The molecule has 0 aliphatic carbocycles. The average Bonchev–Trinajstić information content (AvgIpc) is 2.38. The first kappa shape index (κ1) is 14.7. The molecule has 2 atom stereocenters. The van der Waals surface area contributed by atoms with Crippen molar-refractivity contribution in [2.75, 3.05) is 32.7 Å². The molecule has 0 saturated carbocycles. The van der Waals surface area contributed by atoms with E-state index in [0.29, 0.717) is 25.6 Å². The van der Waals surface area contributed by atoms with Crippen LogP contribution in [0, 0.1) is 5.92 Å². The van der Waals surface area contributed by atoms with Gasteiger partial charge in [-0.25, -0.2) is 0 Å². The highest BCUT2D eigenvalue weighted by Gasteiger charge is 2.40. The Bertz CT molecular complexity index is 439. The fraction of sp³-hybridized carbons (Fsp3) is 0.909. The van der Waals surface area contributed by atoms with Gasteiger partial charge in [0.05, 0.1) is 0 Å². The average molecular weight is 291 g/mol. The molecule has 0 aromatic rings. The molecule has 2 unspecified atom stereocenters. The summed E-state index contributed by atoms with van der Waals surface area (Å²) in [6.07, 6.45) is 1.86. The SMILES string of the molecule is CC1CCCN(S(=O)(=O)N2CCNCC2C(=O)O)C1. The first-order valence-corrected chi connectivity index (χ1v) is 8.03. The highest BCUT2D eigenvalue weighted by molar-refractivity contribution is 7.86. The van der Waals surface area contributed by atoms with Crippen LogP contribution in [0.3, 0.4) is 0 Å². The Labute approximate surface area is 113 Å². The molecule has 2 heterocycles.